The molecule has 2 N–H and O–H groups in total. The number of carbonyl (C=O) groups excluding carboxylic acids is 4. The third-order valence-corrected chi connectivity index (χ3v) is 8.59. The van der Waals surface area contributed by atoms with Crippen LogP contribution < -0.4 is 15.4 Å². The van der Waals surface area contributed by atoms with E-state index in [1.807, 2.05) is 12.1 Å². The van der Waals surface area contributed by atoms with Gasteiger partial charge in [-0.3, -0.25) is 39.1 Å². The summed E-state index contributed by atoms with van der Waals surface area (Å²) in [7, 11) is 1.66. The number of fused-ring (bicyclic) bond motifs is 1. The maximum Gasteiger partial charge on any atom is 0.262 e. The molecule has 3 fully saturated rings. The molecule has 2 saturated carbocycles. The SMILES string of the molecule is COc1cccnc1-c1cn(C2CC(CNc3ccc4c(c3)C(=O)N(C3CCC(=O)NC3=O)C4=O)C2)nc1C1CC1. The zero-order valence-electron chi connectivity index (χ0n) is 22.6. The molecule has 0 radical (unpaired) electrons. The molecule has 4 heterocycles. The molecule has 2 aromatic heterocycles. The van der Waals surface area contributed by atoms with Crippen molar-refractivity contribution < 1.29 is 23.9 Å². The number of piperidine rings is 1. The van der Waals surface area contributed by atoms with Crippen molar-refractivity contribution in [3.05, 3.63) is 59.5 Å². The lowest BCUT2D eigenvalue weighted by Gasteiger charge is -2.35. The van der Waals surface area contributed by atoms with Crippen LogP contribution in [0, 0.1) is 5.92 Å². The number of imide groups is 2. The smallest absolute Gasteiger partial charge is 0.262 e. The van der Waals surface area contributed by atoms with Crippen LogP contribution in [0.4, 0.5) is 5.69 Å². The van der Waals surface area contributed by atoms with E-state index < -0.39 is 29.7 Å². The molecule has 7 rings (SSSR count). The van der Waals surface area contributed by atoms with E-state index in [0.29, 0.717) is 17.9 Å². The molecule has 11 heteroatoms. The minimum Gasteiger partial charge on any atom is -0.494 e. The van der Waals surface area contributed by atoms with Gasteiger partial charge in [-0.25, -0.2) is 0 Å². The van der Waals surface area contributed by atoms with Gasteiger partial charge < -0.3 is 10.1 Å². The fraction of sp³-hybridized carbons (Fsp3) is 0.400. The Labute approximate surface area is 236 Å². The second-order valence-corrected chi connectivity index (χ2v) is 11.3. The van der Waals surface area contributed by atoms with Crippen LogP contribution in [0.1, 0.15) is 76.9 Å². The molecule has 3 aromatic rings. The van der Waals surface area contributed by atoms with Crippen molar-refractivity contribution in [2.75, 3.05) is 19.0 Å². The van der Waals surface area contributed by atoms with E-state index in [-0.39, 0.29) is 24.0 Å². The second kappa shape index (κ2) is 9.83. The summed E-state index contributed by atoms with van der Waals surface area (Å²) in [5, 5.41) is 10.6. The van der Waals surface area contributed by atoms with Gasteiger partial charge in [0.15, 0.2) is 0 Å². The van der Waals surface area contributed by atoms with Gasteiger partial charge in [-0.1, -0.05) is 0 Å². The van der Waals surface area contributed by atoms with Crippen LogP contribution in [0.3, 0.4) is 0 Å². The Hall–Kier alpha value is -4.54. The van der Waals surface area contributed by atoms with Crippen LogP contribution in [-0.4, -0.2) is 63.0 Å². The number of nitrogens with one attached hydrogen (secondary N) is 2. The Kier molecular flexibility index (Phi) is 6.09. The van der Waals surface area contributed by atoms with Gasteiger partial charge in [0, 0.05) is 42.5 Å². The van der Waals surface area contributed by atoms with E-state index in [0.717, 1.165) is 65.5 Å². The molecule has 41 heavy (non-hydrogen) atoms. The molecule has 1 unspecified atom stereocenters. The van der Waals surface area contributed by atoms with Crippen molar-refractivity contribution in [2.45, 2.75) is 56.5 Å². The lowest BCUT2D eigenvalue weighted by Crippen LogP contribution is -2.54. The van der Waals surface area contributed by atoms with Gasteiger partial charge in [0.1, 0.15) is 17.5 Å². The monoisotopic (exact) mass is 554 g/mol. The number of hydrogen-bond donors (Lipinski definition) is 2. The maximum atomic E-state index is 13.1. The van der Waals surface area contributed by atoms with Crippen molar-refractivity contribution >= 4 is 29.3 Å². The van der Waals surface area contributed by atoms with Crippen LogP contribution in [0.15, 0.2) is 42.7 Å². The third-order valence-electron chi connectivity index (χ3n) is 8.59. The first kappa shape index (κ1) is 25.4. The molecule has 11 nitrogen and oxygen atoms in total. The molecule has 2 aliphatic heterocycles. The summed E-state index contributed by atoms with van der Waals surface area (Å²) in [5.41, 5.74) is 4.29. The number of hydrogen-bond acceptors (Lipinski definition) is 8. The largest absolute Gasteiger partial charge is 0.494 e. The topological polar surface area (TPSA) is 136 Å². The summed E-state index contributed by atoms with van der Waals surface area (Å²) in [4.78, 5) is 55.4. The lowest BCUT2D eigenvalue weighted by atomic mass is 9.80. The highest BCUT2D eigenvalue weighted by atomic mass is 16.5. The van der Waals surface area contributed by atoms with E-state index in [1.165, 1.54) is 0 Å². The molecule has 2 aliphatic carbocycles. The number of benzene rings is 1. The van der Waals surface area contributed by atoms with Crippen molar-refractivity contribution in [1.82, 2.24) is 25.0 Å². The van der Waals surface area contributed by atoms with Crippen molar-refractivity contribution in [3.63, 3.8) is 0 Å². The summed E-state index contributed by atoms with van der Waals surface area (Å²) in [6, 6.07) is 8.24. The maximum absolute atomic E-state index is 13.1. The van der Waals surface area contributed by atoms with Crippen LogP contribution >= 0.6 is 0 Å². The third kappa shape index (κ3) is 4.45. The van der Waals surface area contributed by atoms with E-state index in [9.17, 15) is 19.2 Å². The van der Waals surface area contributed by atoms with Gasteiger partial charge in [0.2, 0.25) is 11.8 Å². The van der Waals surface area contributed by atoms with Crippen molar-refractivity contribution in [1.29, 1.82) is 0 Å². The quantitative estimate of drug-likeness (QED) is 0.405. The minimum atomic E-state index is -0.967. The molecular weight excluding hydrogens is 524 g/mol. The highest BCUT2D eigenvalue weighted by Gasteiger charge is 2.44. The molecular formula is C30H30N6O5. The fourth-order valence-electron chi connectivity index (χ4n) is 6.12. The summed E-state index contributed by atoms with van der Waals surface area (Å²) in [6.45, 7) is 0.728. The minimum absolute atomic E-state index is 0.0953. The molecule has 4 aliphatic rings. The average molecular weight is 555 g/mol. The van der Waals surface area contributed by atoms with Crippen LogP contribution in [0.5, 0.6) is 5.75 Å². The molecule has 0 bridgehead atoms. The molecule has 0 spiro atoms. The number of nitrogens with zero attached hydrogens (tertiary/aromatic N) is 4. The standard InChI is InChI=1S/C30H30N6O5/c1-41-24-3-2-10-31-27(24)22-15-35(34-26(22)17-4-5-17)19-11-16(12-19)14-32-18-6-7-20-21(13-18)30(40)36(29(20)39)23-8-9-25(37)33-28(23)38/h2-3,6-7,10,13,15-17,19,23,32H,4-5,8-9,11-12,14H2,1H3,(H,33,37,38). The number of amides is 4. The first-order chi connectivity index (χ1) is 19.9. The Morgan fingerprint density at radius 3 is 2.59 bits per heavy atom. The van der Waals surface area contributed by atoms with Crippen LogP contribution in [0.25, 0.3) is 11.3 Å². The Morgan fingerprint density at radius 1 is 1.02 bits per heavy atom. The van der Waals surface area contributed by atoms with Gasteiger partial charge in [-0.15, -0.1) is 0 Å². The summed E-state index contributed by atoms with van der Waals surface area (Å²) >= 11 is 0. The average Bonchev–Trinajstić information content (AvgIpc) is 3.66. The number of methoxy groups -OCH3 is 1. The highest BCUT2D eigenvalue weighted by molar-refractivity contribution is 6.23. The van der Waals surface area contributed by atoms with E-state index in [4.69, 9.17) is 9.84 Å². The Morgan fingerprint density at radius 2 is 1.83 bits per heavy atom. The van der Waals surface area contributed by atoms with E-state index in [2.05, 4.69) is 26.5 Å². The zero-order valence-corrected chi connectivity index (χ0v) is 22.6. The molecule has 1 aromatic carbocycles. The number of pyridine rings is 1. The van der Waals surface area contributed by atoms with E-state index in [1.54, 1.807) is 31.5 Å². The summed E-state index contributed by atoms with van der Waals surface area (Å²) in [5.74, 6) is -0.335. The van der Waals surface area contributed by atoms with E-state index >= 15 is 0 Å². The molecule has 1 atom stereocenters. The number of anilines is 1. The zero-order chi connectivity index (χ0) is 28.2. The van der Waals surface area contributed by atoms with Gasteiger partial charge in [-0.05, 0) is 68.4 Å². The summed E-state index contributed by atoms with van der Waals surface area (Å²) < 4.78 is 7.66. The van der Waals surface area contributed by atoms with Gasteiger partial charge >= 0.3 is 0 Å². The van der Waals surface area contributed by atoms with Gasteiger partial charge in [0.25, 0.3) is 11.8 Å². The molecule has 1 saturated heterocycles. The number of ether oxygens (including phenoxy) is 1. The van der Waals surface area contributed by atoms with Crippen molar-refractivity contribution in [3.8, 4) is 17.0 Å². The number of carbonyl (C=O) groups is 4. The number of rotatable bonds is 8. The fourth-order valence-corrected chi connectivity index (χ4v) is 6.12. The first-order valence-electron chi connectivity index (χ1n) is 14.1. The highest BCUT2D eigenvalue weighted by Crippen LogP contribution is 2.46. The first-order valence-corrected chi connectivity index (χ1v) is 14.1. The Bertz CT molecular complexity index is 1590. The predicted octanol–water partition coefficient (Wildman–Crippen LogP) is 3.30. The van der Waals surface area contributed by atoms with Crippen LogP contribution in [0.2, 0.25) is 0 Å². The molecule has 4 amide bonds. The lowest BCUT2D eigenvalue weighted by molar-refractivity contribution is -0.136. The van der Waals surface area contributed by atoms with Crippen LogP contribution in [-0.2, 0) is 9.59 Å². The second-order valence-electron chi connectivity index (χ2n) is 11.3. The predicted molar refractivity (Wildman–Crippen MR) is 147 cm³/mol. The molecule has 210 valence electrons. The van der Waals surface area contributed by atoms with Crippen molar-refractivity contribution in [2.24, 2.45) is 5.92 Å². The van der Waals surface area contributed by atoms with Gasteiger partial charge in [-0.2, -0.15) is 5.10 Å². The normalized spacial score (nSPS) is 23.7. The number of aromatic nitrogens is 3. The Balaban J connectivity index is 0.995. The summed E-state index contributed by atoms with van der Waals surface area (Å²) in [6.07, 6.45) is 8.38. The van der Waals surface area contributed by atoms with Gasteiger partial charge in [0.05, 0.1) is 30.0 Å².